The molecule has 2 heterocycles. The molecule has 0 spiro atoms. The highest BCUT2D eigenvalue weighted by molar-refractivity contribution is 14.0. The van der Waals surface area contributed by atoms with Gasteiger partial charge in [0, 0.05) is 64.6 Å². The summed E-state index contributed by atoms with van der Waals surface area (Å²) in [4.78, 5) is 8.90. The van der Waals surface area contributed by atoms with E-state index < -0.39 is 0 Å². The van der Waals surface area contributed by atoms with E-state index in [1.165, 1.54) is 17.3 Å². The number of aliphatic imine (C=N–C) groups is 1. The minimum Gasteiger partial charge on any atom is -0.367 e. The van der Waals surface area contributed by atoms with Gasteiger partial charge in [-0.2, -0.15) is 5.10 Å². The van der Waals surface area contributed by atoms with Crippen molar-refractivity contribution in [3.8, 4) is 0 Å². The van der Waals surface area contributed by atoms with E-state index in [4.69, 9.17) is 0 Å². The number of hydrogen-bond acceptors (Lipinski definition) is 4. The van der Waals surface area contributed by atoms with Crippen LogP contribution < -0.4 is 15.5 Å². The molecule has 2 N–H and O–H groups in total. The molecular weight excluding hydrogens is 508 g/mol. The molecule has 0 aliphatic carbocycles. The summed E-state index contributed by atoms with van der Waals surface area (Å²) in [5.74, 6) is 0.674. The van der Waals surface area contributed by atoms with Gasteiger partial charge in [-0.3, -0.25) is 14.6 Å². The van der Waals surface area contributed by atoms with E-state index in [0.717, 1.165) is 57.3 Å². The normalized spacial score (nSPS) is 15.0. The van der Waals surface area contributed by atoms with Crippen molar-refractivity contribution in [3.63, 3.8) is 0 Å². The molecule has 0 atom stereocenters. The Morgan fingerprint density at radius 2 is 1.84 bits per heavy atom. The van der Waals surface area contributed by atoms with Crippen molar-refractivity contribution in [2.75, 3.05) is 51.2 Å². The average molecular weight is 543 g/mol. The number of aryl methyl sites for hydroxylation is 2. The van der Waals surface area contributed by atoms with E-state index in [0.29, 0.717) is 12.2 Å². The molecule has 0 amide bonds. The molecule has 1 aliphatic heterocycles. The molecule has 0 radical (unpaired) electrons. The molecule has 2 aromatic rings. The second kappa shape index (κ2) is 12.2. The zero-order valence-corrected chi connectivity index (χ0v) is 21.3. The third kappa shape index (κ3) is 6.80. The molecule has 0 bridgehead atoms. The summed E-state index contributed by atoms with van der Waals surface area (Å²) < 4.78 is 15.9. The van der Waals surface area contributed by atoms with Crippen LogP contribution in [0.25, 0.3) is 0 Å². The smallest absolute Gasteiger partial charge is 0.191 e. The van der Waals surface area contributed by atoms with Crippen molar-refractivity contribution in [3.05, 3.63) is 47.0 Å². The van der Waals surface area contributed by atoms with E-state index in [2.05, 4.69) is 37.4 Å². The Morgan fingerprint density at radius 1 is 1.13 bits per heavy atom. The summed E-state index contributed by atoms with van der Waals surface area (Å²) in [5.41, 5.74) is 4.15. The number of hydrogen-bond donors (Lipinski definition) is 2. The number of guanidine groups is 1. The monoisotopic (exact) mass is 543 g/mol. The fraction of sp³-hybridized carbons (Fsp3) is 0.545. The summed E-state index contributed by atoms with van der Waals surface area (Å²) in [7, 11) is 3.76. The minimum atomic E-state index is -0.134. The lowest BCUT2D eigenvalue weighted by molar-refractivity contribution is 0.254. The zero-order valence-electron chi connectivity index (χ0n) is 19.0. The van der Waals surface area contributed by atoms with Crippen LogP contribution >= 0.6 is 24.0 Å². The molecular formula is C22H35FIN7. The lowest BCUT2D eigenvalue weighted by Crippen LogP contribution is -2.47. The summed E-state index contributed by atoms with van der Waals surface area (Å²) in [6.45, 7) is 10.4. The van der Waals surface area contributed by atoms with E-state index in [1.807, 2.05) is 30.8 Å². The standard InChI is InChI=1S/C22H34FN7.HI/c1-17-19(18(2)28(4)27-17)16-26-22(24-3)25-10-7-11-29-12-14-30(15-13-29)21-9-6-5-8-20(21)23;/h5-6,8-9H,7,10-16H2,1-4H3,(H2,24,25,26);1H. The molecule has 7 nitrogen and oxygen atoms in total. The van der Waals surface area contributed by atoms with Gasteiger partial charge in [0.05, 0.1) is 11.4 Å². The lowest BCUT2D eigenvalue weighted by Gasteiger charge is -2.36. The van der Waals surface area contributed by atoms with Crippen LogP contribution in [-0.2, 0) is 13.6 Å². The number of nitrogens with one attached hydrogen (secondary N) is 2. The van der Waals surface area contributed by atoms with Gasteiger partial charge in [-0.15, -0.1) is 24.0 Å². The van der Waals surface area contributed by atoms with Crippen LogP contribution in [-0.4, -0.2) is 67.0 Å². The van der Waals surface area contributed by atoms with Gasteiger partial charge < -0.3 is 15.5 Å². The van der Waals surface area contributed by atoms with Crippen molar-refractivity contribution in [2.24, 2.45) is 12.0 Å². The fourth-order valence-corrected chi connectivity index (χ4v) is 3.90. The number of para-hydroxylation sites is 1. The summed E-state index contributed by atoms with van der Waals surface area (Å²) in [6.07, 6.45) is 1.03. The highest BCUT2D eigenvalue weighted by Gasteiger charge is 2.18. The Bertz CT molecular complexity index is 860. The second-order valence-electron chi connectivity index (χ2n) is 7.76. The first-order chi connectivity index (χ1) is 14.5. The van der Waals surface area contributed by atoms with Crippen molar-refractivity contribution in [2.45, 2.75) is 26.8 Å². The van der Waals surface area contributed by atoms with Crippen LogP contribution in [0.2, 0.25) is 0 Å². The molecule has 1 saturated heterocycles. The second-order valence-corrected chi connectivity index (χ2v) is 7.76. The van der Waals surface area contributed by atoms with Crippen LogP contribution in [0, 0.1) is 19.7 Å². The van der Waals surface area contributed by atoms with E-state index in [9.17, 15) is 4.39 Å². The van der Waals surface area contributed by atoms with Crippen molar-refractivity contribution < 1.29 is 4.39 Å². The summed E-state index contributed by atoms with van der Waals surface area (Å²) in [5, 5.41) is 11.2. The molecule has 172 valence electrons. The van der Waals surface area contributed by atoms with Crippen molar-refractivity contribution in [1.29, 1.82) is 0 Å². The fourth-order valence-electron chi connectivity index (χ4n) is 3.90. The largest absolute Gasteiger partial charge is 0.367 e. The predicted octanol–water partition coefficient (Wildman–Crippen LogP) is 2.67. The number of aromatic nitrogens is 2. The first kappa shape index (κ1) is 25.4. The summed E-state index contributed by atoms with van der Waals surface area (Å²) >= 11 is 0. The Labute approximate surface area is 202 Å². The van der Waals surface area contributed by atoms with Crippen LogP contribution in [0.4, 0.5) is 10.1 Å². The molecule has 0 unspecified atom stereocenters. The zero-order chi connectivity index (χ0) is 21.5. The highest BCUT2D eigenvalue weighted by Crippen LogP contribution is 2.20. The molecule has 1 aromatic heterocycles. The Morgan fingerprint density at radius 3 is 2.45 bits per heavy atom. The molecule has 1 aromatic carbocycles. The van der Waals surface area contributed by atoms with Gasteiger partial charge in [0.25, 0.3) is 0 Å². The van der Waals surface area contributed by atoms with Gasteiger partial charge in [0.2, 0.25) is 0 Å². The van der Waals surface area contributed by atoms with Crippen LogP contribution in [0.3, 0.4) is 0 Å². The number of anilines is 1. The number of rotatable bonds is 7. The first-order valence-corrected chi connectivity index (χ1v) is 10.6. The predicted molar refractivity (Wildman–Crippen MR) is 136 cm³/mol. The molecule has 3 rings (SSSR count). The number of halogens is 2. The topological polar surface area (TPSA) is 60.7 Å². The van der Waals surface area contributed by atoms with Crippen molar-refractivity contribution in [1.82, 2.24) is 25.3 Å². The van der Waals surface area contributed by atoms with Crippen molar-refractivity contribution >= 4 is 35.6 Å². The quantitative estimate of drug-likeness (QED) is 0.244. The maximum Gasteiger partial charge on any atom is 0.191 e. The van der Waals surface area contributed by atoms with Crippen LogP contribution in [0.15, 0.2) is 29.3 Å². The van der Waals surface area contributed by atoms with Gasteiger partial charge in [0.1, 0.15) is 5.82 Å². The molecule has 1 aliphatic rings. The van der Waals surface area contributed by atoms with E-state index >= 15 is 0 Å². The van der Waals surface area contributed by atoms with Gasteiger partial charge in [-0.1, -0.05) is 12.1 Å². The summed E-state index contributed by atoms with van der Waals surface area (Å²) in [6, 6.07) is 7.03. The number of benzene rings is 1. The van der Waals surface area contributed by atoms with Gasteiger partial charge >= 0.3 is 0 Å². The maximum absolute atomic E-state index is 14.0. The Hall–Kier alpha value is -1.88. The molecule has 31 heavy (non-hydrogen) atoms. The molecule has 0 saturated carbocycles. The van der Waals surface area contributed by atoms with Crippen LogP contribution in [0.1, 0.15) is 23.4 Å². The van der Waals surface area contributed by atoms with E-state index in [-0.39, 0.29) is 29.8 Å². The lowest BCUT2D eigenvalue weighted by atomic mass is 10.2. The first-order valence-electron chi connectivity index (χ1n) is 10.6. The number of nitrogens with zero attached hydrogens (tertiary/aromatic N) is 5. The van der Waals surface area contributed by atoms with Gasteiger partial charge in [-0.05, 0) is 38.9 Å². The van der Waals surface area contributed by atoms with Crippen LogP contribution in [0.5, 0.6) is 0 Å². The minimum absolute atomic E-state index is 0. The molecule has 9 heteroatoms. The Kier molecular flexibility index (Phi) is 10.0. The third-order valence-corrected chi connectivity index (χ3v) is 5.82. The SMILES string of the molecule is CN=C(NCCCN1CCN(c2ccccc2F)CC1)NCc1c(C)nn(C)c1C.I. The van der Waals surface area contributed by atoms with Gasteiger partial charge in [0.15, 0.2) is 5.96 Å². The third-order valence-electron chi connectivity index (χ3n) is 5.82. The Balaban J connectivity index is 0.00000341. The van der Waals surface area contributed by atoms with E-state index in [1.54, 1.807) is 13.1 Å². The average Bonchev–Trinajstić information content (AvgIpc) is 2.99. The number of piperazine rings is 1. The molecule has 1 fully saturated rings. The highest BCUT2D eigenvalue weighted by atomic mass is 127. The van der Waals surface area contributed by atoms with Gasteiger partial charge in [-0.25, -0.2) is 4.39 Å². The maximum atomic E-state index is 14.0.